The highest BCUT2D eigenvalue weighted by atomic mass is 15.1. The zero-order chi connectivity index (χ0) is 11.7. The van der Waals surface area contributed by atoms with E-state index in [-0.39, 0.29) is 0 Å². The van der Waals surface area contributed by atoms with E-state index >= 15 is 0 Å². The third kappa shape index (κ3) is 1.83. The van der Waals surface area contributed by atoms with E-state index in [1.54, 1.807) is 0 Å². The molecule has 3 heteroatoms. The number of hydrogen-bond acceptors (Lipinski definition) is 2. The molecule has 0 spiro atoms. The average molecular weight is 217 g/mol. The van der Waals surface area contributed by atoms with Crippen molar-refractivity contribution in [2.75, 3.05) is 13.6 Å². The number of likely N-dealkylation sites (N-methyl/N-ethyl adjacent to an activating group) is 1. The van der Waals surface area contributed by atoms with Gasteiger partial charge in [0.15, 0.2) is 0 Å². The van der Waals surface area contributed by atoms with E-state index in [2.05, 4.69) is 47.8 Å². The minimum atomic E-state index is 0.428. The summed E-state index contributed by atoms with van der Waals surface area (Å²) in [6.07, 6.45) is 1.94. The lowest BCUT2D eigenvalue weighted by atomic mass is 10.1. The van der Waals surface area contributed by atoms with Crippen LogP contribution in [-0.4, -0.2) is 23.1 Å². The van der Waals surface area contributed by atoms with Gasteiger partial charge in [0, 0.05) is 12.6 Å². The van der Waals surface area contributed by atoms with Crippen molar-refractivity contribution in [1.29, 1.82) is 0 Å². The Bertz CT molecular complexity index is 499. The summed E-state index contributed by atoms with van der Waals surface area (Å²) >= 11 is 0. The maximum Gasteiger partial charge on any atom is 0.0961 e. The smallest absolute Gasteiger partial charge is 0.0961 e. The molecule has 3 nitrogen and oxygen atoms in total. The topological polar surface area (TPSA) is 29.9 Å². The maximum absolute atomic E-state index is 4.46. The molecule has 1 heterocycles. The summed E-state index contributed by atoms with van der Waals surface area (Å²) in [6.45, 7) is 7.44. The summed E-state index contributed by atoms with van der Waals surface area (Å²) < 4.78 is 2.23. The number of aryl methyl sites for hydroxylation is 2. The lowest BCUT2D eigenvalue weighted by Crippen LogP contribution is -2.19. The molecule has 0 aliphatic heterocycles. The SMILES string of the molecule is CNCC(C)n1cnc2cc(C)c(C)cc21. The van der Waals surface area contributed by atoms with Crippen LogP contribution < -0.4 is 5.32 Å². The number of nitrogens with one attached hydrogen (secondary N) is 1. The number of imidazole rings is 1. The number of fused-ring (bicyclic) bond motifs is 1. The highest BCUT2D eigenvalue weighted by Crippen LogP contribution is 2.21. The van der Waals surface area contributed by atoms with E-state index in [4.69, 9.17) is 0 Å². The van der Waals surface area contributed by atoms with E-state index in [0.29, 0.717) is 6.04 Å². The van der Waals surface area contributed by atoms with Crippen LogP contribution >= 0.6 is 0 Å². The lowest BCUT2D eigenvalue weighted by Gasteiger charge is -2.14. The Balaban J connectivity index is 2.51. The van der Waals surface area contributed by atoms with Crippen molar-refractivity contribution in [2.45, 2.75) is 26.8 Å². The molecule has 0 saturated carbocycles. The van der Waals surface area contributed by atoms with Gasteiger partial charge in [0.25, 0.3) is 0 Å². The van der Waals surface area contributed by atoms with E-state index in [0.717, 1.165) is 12.1 Å². The van der Waals surface area contributed by atoms with Crippen LogP contribution in [0.5, 0.6) is 0 Å². The number of benzene rings is 1. The Morgan fingerprint density at radius 1 is 1.31 bits per heavy atom. The second-order valence-corrected chi connectivity index (χ2v) is 4.48. The van der Waals surface area contributed by atoms with Crippen LogP contribution in [0.15, 0.2) is 18.5 Å². The summed E-state index contributed by atoms with van der Waals surface area (Å²) in [5, 5.41) is 3.20. The Hall–Kier alpha value is -1.35. The second-order valence-electron chi connectivity index (χ2n) is 4.48. The Kier molecular flexibility index (Phi) is 2.97. The molecule has 1 N–H and O–H groups in total. The van der Waals surface area contributed by atoms with Crippen LogP contribution in [0.4, 0.5) is 0 Å². The summed E-state index contributed by atoms with van der Waals surface area (Å²) in [7, 11) is 1.98. The maximum atomic E-state index is 4.46. The molecule has 0 bridgehead atoms. The van der Waals surface area contributed by atoms with Gasteiger partial charge < -0.3 is 9.88 Å². The van der Waals surface area contributed by atoms with Crippen molar-refractivity contribution in [2.24, 2.45) is 0 Å². The van der Waals surface area contributed by atoms with E-state index in [9.17, 15) is 0 Å². The highest BCUT2D eigenvalue weighted by molar-refractivity contribution is 5.77. The zero-order valence-corrected chi connectivity index (χ0v) is 10.4. The number of aromatic nitrogens is 2. The highest BCUT2D eigenvalue weighted by Gasteiger charge is 2.09. The zero-order valence-electron chi connectivity index (χ0n) is 10.4. The number of nitrogens with zero attached hydrogens (tertiary/aromatic N) is 2. The molecule has 0 amide bonds. The van der Waals surface area contributed by atoms with Gasteiger partial charge >= 0.3 is 0 Å². The number of hydrogen-bond donors (Lipinski definition) is 1. The molecule has 86 valence electrons. The van der Waals surface area contributed by atoms with E-state index < -0.39 is 0 Å². The molecule has 2 aromatic rings. The van der Waals surface area contributed by atoms with Crippen molar-refractivity contribution in [1.82, 2.24) is 14.9 Å². The van der Waals surface area contributed by atoms with Gasteiger partial charge in [-0.15, -0.1) is 0 Å². The molecule has 0 aliphatic carbocycles. The molecular weight excluding hydrogens is 198 g/mol. The normalized spacial score (nSPS) is 13.2. The quantitative estimate of drug-likeness (QED) is 0.855. The van der Waals surface area contributed by atoms with Crippen LogP contribution in [0, 0.1) is 13.8 Å². The summed E-state index contributed by atoms with van der Waals surface area (Å²) in [6, 6.07) is 4.81. The third-order valence-electron chi connectivity index (χ3n) is 3.16. The summed E-state index contributed by atoms with van der Waals surface area (Å²) in [4.78, 5) is 4.46. The van der Waals surface area contributed by atoms with E-state index in [1.165, 1.54) is 16.6 Å². The molecule has 0 saturated heterocycles. The minimum Gasteiger partial charge on any atom is -0.326 e. The molecule has 1 aromatic heterocycles. The monoisotopic (exact) mass is 217 g/mol. The standard InChI is InChI=1S/C13H19N3/c1-9-5-12-13(6-10(9)2)16(8-15-12)11(3)7-14-4/h5-6,8,11,14H,7H2,1-4H3. The molecule has 2 rings (SSSR count). The molecule has 1 atom stereocenters. The van der Waals surface area contributed by atoms with Gasteiger partial charge in [-0.3, -0.25) is 0 Å². The molecule has 0 radical (unpaired) electrons. The molecule has 1 unspecified atom stereocenters. The Labute approximate surface area is 96.5 Å². The van der Waals surface area contributed by atoms with Crippen LogP contribution in [0.25, 0.3) is 11.0 Å². The summed E-state index contributed by atoms with van der Waals surface area (Å²) in [5.41, 5.74) is 4.95. The fourth-order valence-electron chi connectivity index (χ4n) is 2.03. The van der Waals surface area contributed by atoms with Gasteiger partial charge in [0.1, 0.15) is 0 Å². The first kappa shape index (κ1) is 11.1. The van der Waals surface area contributed by atoms with Crippen LogP contribution in [-0.2, 0) is 0 Å². The predicted molar refractivity (Wildman–Crippen MR) is 67.8 cm³/mol. The lowest BCUT2D eigenvalue weighted by molar-refractivity contribution is 0.530. The average Bonchev–Trinajstić information content (AvgIpc) is 2.62. The van der Waals surface area contributed by atoms with Gasteiger partial charge in [-0.05, 0) is 51.1 Å². The van der Waals surface area contributed by atoms with Crippen molar-refractivity contribution >= 4 is 11.0 Å². The van der Waals surface area contributed by atoms with Gasteiger partial charge in [0.2, 0.25) is 0 Å². The van der Waals surface area contributed by atoms with Gasteiger partial charge in [-0.25, -0.2) is 4.98 Å². The predicted octanol–water partition coefficient (Wildman–Crippen LogP) is 2.43. The molecule has 16 heavy (non-hydrogen) atoms. The summed E-state index contributed by atoms with van der Waals surface area (Å²) in [5.74, 6) is 0. The van der Waals surface area contributed by atoms with Gasteiger partial charge in [-0.2, -0.15) is 0 Å². The fraction of sp³-hybridized carbons (Fsp3) is 0.462. The van der Waals surface area contributed by atoms with Gasteiger partial charge in [0.05, 0.1) is 17.4 Å². The molecule has 0 fully saturated rings. The van der Waals surface area contributed by atoms with Crippen molar-refractivity contribution < 1.29 is 0 Å². The first-order valence-corrected chi connectivity index (χ1v) is 5.72. The largest absolute Gasteiger partial charge is 0.326 e. The van der Waals surface area contributed by atoms with Crippen LogP contribution in [0.2, 0.25) is 0 Å². The minimum absolute atomic E-state index is 0.428. The first-order chi connectivity index (χ1) is 7.63. The third-order valence-corrected chi connectivity index (χ3v) is 3.16. The number of rotatable bonds is 3. The van der Waals surface area contributed by atoms with E-state index in [1.807, 2.05) is 13.4 Å². The molecule has 0 aliphatic rings. The molecule has 1 aromatic carbocycles. The van der Waals surface area contributed by atoms with Crippen LogP contribution in [0.3, 0.4) is 0 Å². The fourth-order valence-corrected chi connectivity index (χ4v) is 2.03. The van der Waals surface area contributed by atoms with Crippen LogP contribution in [0.1, 0.15) is 24.1 Å². The first-order valence-electron chi connectivity index (χ1n) is 5.72. The van der Waals surface area contributed by atoms with Crippen molar-refractivity contribution in [3.8, 4) is 0 Å². The molecular formula is C13H19N3. The van der Waals surface area contributed by atoms with Gasteiger partial charge in [-0.1, -0.05) is 0 Å². The Morgan fingerprint density at radius 3 is 2.69 bits per heavy atom. The van der Waals surface area contributed by atoms with Crippen molar-refractivity contribution in [3.05, 3.63) is 29.6 Å². The Morgan fingerprint density at radius 2 is 2.00 bits per heavy atom. The van der Waals surface area contributed by atoms with Crippen molar-refractivity contribution in [3.63, 3.8) is 0 Å². The second kappa shape index (κ2) is 4.26.